The summed E-state index contributed by atoms with van der Waals surface area (Å²) < 4.78 is 64.8. The molecule has 1 atom stereocenters. The molecule has 1 aliphatic heterocycles. The van der Waals surface area contributed by atoms with Crippen molar-refractivity contribution in [3.63, 3.8) is 0 Å². The molecule has 1 aromatic carbocycles. The smallest absolute Gasteiger partial charge is 0.272 e. The standard InChI is InChI=1S/C24H22ClF2N7O4S/c1-33-6-5-14(10-33)31-23(35)22-18-9-28-17(11-34(18)12-30-22)20-15(26)3-4-16(21(20)27)32-39(36,37)19-7-13(25)8-29-24(19)38-2/h3-4,7-9,11-12,14,32H,5-6,10H2,1-2H3,(H,31,35). The Balaban J connectivity index is 1.46. The van der Waals surface area contributed by atoms with Crippen molar-refractivity contribution in [2.24, 2.45) is 0 Å². The van der Waals surface area contributed by atoms with Crippen LogP contribution in [0.25, 0.3) is 16.8 Å². The van der Waals surface area contributed by atoms with Crippen LogP contribution in [-0.2, 0) is 10.0 Å². The first-order chi connectivity index (χ1) is 18.6. The SMILES string of the molecule is COc1ncc(Cl)cc1S(=O)(=O)Nc1ccc(F)c(-c2cn3cnc(C(=O)NC4CCN(C)C4)c3cn2)c1F. The molecule has 4 aromatic rings. The number of pyridine rings is 1. The maximum Gasteiger partial charge on any atom is 0.272 e. The van der Waals surface area contributed by atoms with Gasteiger partial charge >= 0.3 is 0 Å². The van der Waals surface area contributed by atoms with Gasteiger partial charge in [0, 0.05) is 25.0 Å². The highest BCUT2D eigenvalue weighted by molar-refractivity contribution is 7.92. The summed E-state index contributed by atoms with van der Waals surface area (Å²) in [6, 6.07) is 2.92. The molecule has 39 heavy (non-hydrogen) atoms. The van der Waals surface area contributed by atoms with Crippen LogP contribution in [0.4, 0.5) is 14.5 Å². The average Bonchev–Trinajstić information content (AvgIpc) is 3.51. The largest absolute Gasteiger partial charge is 0.480 e. The number of halogens is 3. The highest BCUT2D eigenvalue weighted by Gasteiger charge is 2.27. The van der Waals surface area contributed by atoms with Gasteiger partial charge in [-0.15, -0.1) is 0 Å². The van der Waals surface area contributed by atoms with Gasteiger partial charge in [-0.3, -0.25) is 14.5 Å². The zero-order valence-corrected chi connectivity index (χ0v) is 22.2. The number of rotatable bonds is 7. The molecule has 0 saturated carbocycles. The fourth-order valence-corrected chi connectivity index (χ4v) is 5.76. The second-order valence-corrected chi connectivity index (χ2v) is 11.0. The average molecular weight is 578 g/mol. The van der Waals surface area contributed by atoms with Crippen molar-refractivity contribution in [1.82, 2.24) is 29.6 Å². The molecule has 4 heterocycles. The lowest BCUT2D eigenvalue weighted by Crippen LogP contribution is -2.36. The number of amides is 1. The van der Waals surface area contributed by atoms with E-state index >= 15 is 4.39 Å². The van der Waals surface area contributed by atoms with Crippen LogP contribution >= 0.6 is 11.6 Å². The van der Waals surface area contributed by atoms with Gasteiger partial charge in [0.05, 0.1) is 40.8 Å². The monoisotopic (exact) mass is 577 g/mol. The van der Waals surface area contributed by atoms with Gasteiger partial charge in [-0.1, -0.05) is 11.6 Å². The summed E-state index contributed by atoms with van der Waals surface area (Å²) in [5.74, 6) is -2.83. The summed E-state index contributed by atoms with van der Waals surface area (Å²) in [6.07, 6.45) is 5.91. The zero-order chi connectivity index (χ0) is 27.9. The lowest BCUT2D eigenvalue weighted by molar-refractivity contribution is 0.0935. The second-order valence-electron chi connectivity index (χ2n) is 8.93. The number of benzene rings is 1. The Morgan fingerprint density at radius 2 is 2.00 bits per heavy atom. The van der Waals surface area contributed by atoms with Gasteiger partial charge < -0.3 is 19.4 Å². The summed E-state index contributed by atoms with van der Waals surface area (Å²) in [5, 5.41) is 2.94. The number of methoxy groups -OCH3 is 1. The minimum atomic E-state index is -4.43. The van der Waals surface area contributed by atoms with E-state index in [0.29, 0.717) is 5.52 Å². The molecule has 204 valence electrons. The van der Waals surface area contributed by atoms with Crippen molar-refractivity contribution in [3.8, 4) is 17.1 Å². The van der Waals surface area contributed by atoms with Crippen molar-refractivity contribution in [1.29, 1.82) is 0 Å². The third-order valence-electron chi connectivity index (χ3n) is 6.22. The van der Waals surface area contributed by atoms with Crippen LogP contribution in [0.5, 0.6) is 5.88 Å². The molecule has 11 nitrogen and oxygen atoms in total. The normalized spacial score (nSPS) is 16.0. The Morgan fingerprint density at radius 1 is 1.21 bits per heavy atom. The van der Waals surface area contributed by atoms with E-state index in [0.717, 1.165) is 37.7 Å². The van der Waals surface area contributed by atoms with Gasteiger partial charge in [0.2, 0.25) is 5.88 Å². The molecular formula is C24H22ClF2N7O4S. The van der Waals surface area contributed by atoms with E-state index in [1.165, 1.54) is 36.4 Å². The Labute approximate surface area is 226 Å². The predicted molar refractivity (Wildman–Crippen MR) is 138 cm³/mol. The summed E-state index contributed by atoms with van der Waals surface area (Å²) >= 11 is 5.88. The number of fused-ring (bicyclic) bond motifs is 1. The first-order valence-corrected chi connectivity index (χ1v) is 13.5. The minimum absolute atomic E-state index is 0.0103. The fourth-order valence-electron chi connectivity index (χ4n) is 4.33. The molecule has 0 radical (unpaired) electrons. The maximum atomic E-state index is 15.5. The number of hydrogen-bond acceptors (Lipinski definition) is 8. The zero-order valence-electron chi connectivity index (χ0n) is 20.7. The van der Waals surface area contributed by atoms with E-state index in [4.69, 9.17) is 16.3 Å². The van der Waals surface area contributed by atoms with Crippen molar-refractivity contribution in [2.45, 2.75) is 17.4 Å². The minimum Gasteiger partial charge on any atom is -0.480 e. The van der Waals surface area contributed by atoms with E-state index in [-0.39, 0.29) is 34.2 Å². The Bertz CT molecular complexity index is 1700. The predicted octanol–water partition coefficient (Wildman–Crippen LogP) is 2.97. The highest BCUT2D eigenvalue weighted by Crippen LogP contribution is 2.32. The third kappa shape index (κ3) is 5.22. The van der Waals surface area contributed by atoms with E-state index in [2.05, 4.69) is 29.9 Å². The number of likely N-dealkylation sites (tertiary alicyclic amines) is 1. The van der Waals surface area contributed by atoms with E-state index in [1.54, 1.807) is 0 Å². The molecule has 1 amide bonds. The number of sulfonamides is 1. The van der Waals surface area contributed by atoms with Gasteiger partial charge in [-0.2, -0.15) is 0 Å². The Morgan fingerprint density at radius 3 is 2.72 bits per heavy atom. The topological polar surface area (TPSA) is 131 Å². The number of anilines is 1. The first-order valence-electron chi connectivity index (χ1n) is 11.6. The van der Waals surface area contributed by atoms with Crippen LogP contribution in [0.3, 0.4) is 0 Å². The van der Waals surface area contributed by atoms with E-state index < -0.39 is 37.8 Å². The van der Waals surface area contributed by atoms with Crippen molar-refractivity contribution >= 4 is 38.7 Å². The lowest BCUT2D eigenvalue weighted by Gasteiger charge is -2.14. The number of likely N-dealkylation sites (N-methyl/N-ethyl adjacent to an activating group) is 1. The Hall–Kier alpha value is -3.88. The highest BCUT2D eigenvalue weighted by atomic mass is 35.5. The number of nitrogens with one attached hydrogen (secondary N) is 2. The van der Waals surface area contributed by atoms with Gasteiger partial charge in [-0.05, 0) is 38.2 Å². The maximum absolute atomic E-state index is 15.5. The molecule has 1 unspecified atom stereocenters. The number of hydrogen-bond donors (Lipinski definition) is 2. The van der Waals surface area contributed by atoms with Crippen molar-refractivity contribution in [3.05, 3.63) is 65.5 Å². The number of nitrogens with zero attached hydrogens (tertiary/aromatic N) is 5. The van der Waals surface area contributed by atoms with Crippen LogP contribution in [0.15, 0.2) is 48.0 Å². The van der Waals surface area contributed by atoms with Crippen LogP contribution < -0.4 is 14.8 Å². The molecule has 2 N–H and O–H groups in total. The van der Waals surface area contributed by atoms with Gasteiger partial charge in [0.25, 0.3) is 15.9 Å². The molecule has 5 rings (SSSR count). The lowest BCUT2D eigenvalue weighted by atomic mass is 10.1. The molecule has 1 saturated heterocycles. The van der Waals surface area contributed by atoms with Gasteiger partial charge in [0.15, 0.2) is 16.4 Å². The summed E-state index contributed by atoms with van der Waals surface area (Å²) in [6.45, 7) is 1.59. The summed E-state index contributed by atoms with van der Waals surface area (Å²) in [4.78, 5) is 26.5. The molecular weight excluding hydrogens is 556 g/mol. The molecule has 0 spiro atoms. The number of imidazole rings is 1. The number of carbonyl (C=O) groups is 1. The van der Waals surface area contributed by atoms with Gasteiger partial charge in [-0.25, -0.2) is 27.2 Å². The molecule has 0 bridgehead atoms. The first kappa shape index (κ1) is 26.7. The van der Waals surface area contributed by atoms with Crippen molar-refractivity contribution in [2.75, 3.05) is 32.0 Å². The molecule has 15 heteroatoms. The summed E-state index contributed by atoms with van der Waals surface area (Å²) in [7, 11) is -1.25. The van der Waals surface area contributed by atoms with Crippen LogP contribution in [0, 0.1) is 11.6 Å². The number of carbonyl (C=O) groups excluding carboxylic acids is 1. The third-order valence-corrected chi connectivity index (χ3v) is 7.79. The summed E-state index contributed by atoms with van der Waals surface area (Å²) in [5.41, 5.74) is -0.817. The molecule has 0 aliphatic carbocycles. The van der Waals surface area contributed by atoms with E-state index in [9.17, 15) is 17.6 Å². The van der Waals surface area contributed by atoms with Crippen LogP contribution in [0.1, 0.15) is 16.9 Å². The number of aromatic nitrogens is 4. The van der Waals surface area contributed by atoms with Crippen LogP contribution in [0.2, 0.25) is 5.02 Å². The van der Waals surface area contributed by atoms with Crippen molar-refractivity contribution < 1.29 is 26.7 Å². The second kappa shape index (κ2) is 10.4. The quantitative estimate of drug-likeness (QED) is 0.343. The van der Waals surface area contributed by atoms with Crippen LogP contribution in [-0.4, -0.2) is 71.9 Å². The van der Waals surface area contributed by atoms with E-state index in [1.807, 2.05) is 7.05 Å². The number of ether oxygens (including phenoxy) is 1. The molecule has 1 aliphatic rings. The molecule has 3 aromatic heterocycles. The Kier molecular flexibility index (Phi) is 7.09. The molecule has 1 fully saturated rings. The fraction of sp³-hybridized carbons (Fsp3) is 0.250. The van der Waals surface area contributed by atoms with Gasteiger partial charge in [0.1, 0.15) is 12.1 Å².